The van der Waals surface area contributed by atoms with E-state index in [0.29, 0.717) is 5.69 Å². The molecule has 2 heterocycles. The summed E-state index contributed by atoms with van der Waals surface area (Å²) in [5, 5.41) is 6.04. The molecule has 0 radical (unpaired) electrons. The fourth-order valence-corrected chi connectivity index (χ4v) is 2.61. The number of alkyl halides is 3. The Bertz CT molecular complexity index is 718. The average Bonchev–Trinajstić information content (AvgIpc) is 3.06. The highest BCUT2D eigenvalue weighted by Gasteiger charge is 2.36. The summed E-state index contributed by atoms with van der Waals surface area (Å²) in [5.41, 5.74) is 0.412. The normalized spacial score (nSPS) is 16.4. The second-order valence-corrected chi connectivity index (χ2v) is 5.40. The summed E-state index contributed by atoms with van der Waals surface area (Å²) in [6, 6.07) is 1.48. The number of fused-ring (bicyclic) bond motifs is 1. The summed E-state index contributed by atoms with van der Waals surface area (Å²) < 4.78 is 38.9. The second-order valence-electron chi connectivity index (χ2n) is 5.40. The first kappa shape index (κ1) is 14.7. The van der Waals surface area contributed by atoms with Crippen molar-refractivity contribution >= 4 is 17.5 Å². The van der Waals surface area contributed by atoms with Gasteiger partial charge in [0.1, 0.15) is 5.82 Å². The highest BCUT2D eigenvalue weighted by Crippen LogP contribution is 2.28. The number of rotatable bonds is 2. The fraction of sp³-hybridized carbons (Fsp3) is 0.538. The second kappa shape index (κ2) is 5.22. The molecule has 1 N–H and O–H groups in total. The Morgan fingerprint density at radius 1 is 1.32 bits per heavy atom. The summed E-state index contributed by atoms with van der Waals surface area (Å²) in [6.45, 7) is 1.58. The molecule has 3 rings (SSSR count). The predicted octanol–water partition coefficient (Wildman–Crippen LogP) is 2.58. The smallest absolute Gasteiger partial charge is 0.310 e. The quantitative estimate of drug-likeness (QED) is 0.925. The molecule has 22 heavy (non-hydrogen) atoms. The van der Waals surface area contributed by atoms with Gasteiger partial charge in [0, 0.05) is 17.7 Å². The van der Waals surface area contributed by atoms with Crippen LogP contribution in [0.5, 0.6) is 0 Å². The Kier molecular flexibility index (Phi) is 3.50. The van der Waals surface area contributed by atoms with E-state index in [-0.39, 0.29) is 23.4 Å². The number of amides is 1. The molecule has 0 unspecified atom stereocenters. The number of hydrogen-bond donors (Lipinski definition) is 1. The molecular formula is C13H14F3N5O. The van der Waals surface area contributed by atoms with Gasteiger partial charge in [-0.2, -0.15) is 23.1 Å². The Hall–Kier alpha value is -2.19. The van der Waals surface area contributed by atoms with Crippen molar-refractivity contribution in [3.05, 3.63) is 17.6 Å². The molecule has 1 aliphatic rings. The van der Waals surface area contributed by atoms with Crippen molar-refractivity contribution in [1.29, 1.82) is 0 Å². The molecule has 0 aliphatic heterocycles. The Labute approximate surface area is 123 Å². The van der Waals surface area contributed by atoms with Crippen LogP contribution >= 0.6 is 0 Å². The number of hydrogen-bond acceptors (Lipinski definition) is 4. The van der Waals surface area contributed by atoms with Crippen LogP contribution in [-0.2, 0) is 11.0 Å². The molecule has 9 heteroatoms. The highest BCUT2D eigenvalue weighted by molar-refractivity contribution is 5.92. The van der Waals surface area contributed by atoms with Crippen LogP contribution in [0.1, 0.15) is 37.2 Å². The topological polar surface area (TPSA) is 72.2 Å². The van der Waals surface area contributed by atoms with Crippen LogP contribution < -0.4 is 5.32 Å². The number of nitrogens with zero attached hydrogens (tertiary/aromatic N) is 4. The zero-order valence-corrected chi connectivity index (χ0v) is 11.8. The van der Waals surface area contributed by atoms with E-state index < -0.39 is 12.0 Å². The lowest BCUT2D eigenvalue weighted by molar-refractivity contribution is -0.144. The molecule has 118 valence electrons. The summed E-state index contributed by atoms with van der Waals surface area (Å²) >= 11 is 0. The number of carbonyl (C=O) groups is 1. The number of anilines is 1. The van der Waals surface area contributed by atoms with Crippen LogP contribution in [-0.4, -0.2) is 25.5 Å². The van der Waals surface area contributed by atoms with Gasteiger partial charge in [-0.25, -0.2) is 4.52 Å². The van der Waals surface area contributed by atoms with Crippen molar-refractivity contribution in [2.75, 3.05) is 5.32 Å². The first-order valence-electron chi connectivity index (χ1n) is 6.97. The summed E-state index contributed by atoms with van der Waals surface area (Å²) in [6.07, 6.45) is -0.939. The van der Waals surface area contributed by atoms with Crippen molar-refractivity contribution in [1.82, 2.24) is 19.6 Å². The van der Waals surface area contributed by atoms with Crippen LogP contribution in [0, 0.1) is 12.8 Å². The molecule has 1 saturated carbocycles. The van der Waals surface area contributed by atoms with E-state index in [4.69, 9.17) is 0 Å². The molecule has 6 nitrogen and oxygen atoms in total. The van der Waals surface area contributed by atoms with E-state index in [2.05, 4.69) is 20.4 Å². The molecule has 0 atom stereocenters. The van der Waals surface area contributed by atoms with Gasteiger partial charge in [0.25, 0.3) is 11.6 Å². The van der Waals surface area contributed by atoms with Gasteiger partial charge >= 0.3 is 6.18 Å². The molecule has 0 aromatic carbocycles. The SMILES string of the molecule is Cc1cc(NC(=O)C2CCCC2)nc2nc(C(F)(F)F)nn12. The van der Waals surface area contributed by atoms with Crippen LogP contribution in [0.15, 0.2) is 6.07 Å². The Balaban J connectivity index is 1.89. The van der Waals surface area contributed by atoms with Crippen LogP contribution in [0.2, 0.25) is 0 Å². The fourth-order valence-electron chi connectivity index (χ4n) is 2.61. The molecule has 2 aromatic rings. The molecule has 1 fully saturated rings. The first-order chi connectivity index (χ1) is 10.3. The van der Waals surface area contributed by atoms with Crippen LogP contribution in [0.3, 0.4) is 0 Å². The number of halogens is 3. The zero-order chi connectivity index (χ0) is 15.9. The molecule has 0 bridgehead atoms. The van der Waals surface area contributed by atoms with Gasteiger partial charge in [-0.15, -0.1) is 5.10 Å². The van der Waals surface area contributed by atoms with Gasteiger partial charge in [-0.1, -0.05) is 12.8 Å². The van der Waals surface area contributed by atoms with Crippen molar-refractivity contribution in [2.45, 2.75) is 38.8 Å². The van der Waals surface area contributed by atoms with Crippen molar-refractivity contribution in [2.24, 2.45) is 5.92 Å². The van der Waals surface area contributed by atoms with E-state index >= 15 is 0 Å². The third-order valence-corrected chi connectivity index (χ3v) is 3.72. The molecular weight excluding hydrogens is 299 g/mol. The molecule has 2 aromatic heterocycles. The summed E-state index contributed by atoms with van der Waals surface area (Å²) in [7, 11) is 0. The summed E-state index contributed by atoms with van der Waals surface area (Å²) in [4.78, 5) is 19.4. The van der Waals surface area contributed by atoms with Gasteiger partial charge in [0.05, 0.1) is 0 Å². The number of aromatic nitrogens is 4. The third-order valence-electron chi connectivity index (χ3n) is 3.72. The Morgan fingerprint density at radius 3 is 2.64 bits per heavy atom. The lowest BCUT2D eigenvalue weighted by atomic mass is 10.1. The van der Waals surface area contributed by atoms with Gasteiger partial charge in [-0.05, 0) is 19.8 Å². The molecule has 1 aliphatic carbocycles. The largest absolute Gasteiger partial charge is 0.453 e. The van der Waals surface area contributed by atoms with E-state index in [1.807, 2.05) is 0 Å². The maximum Gasteiger partial charge on any atom is 0.453 e. The van der Waals surface area contributed by atoms with Gasteiger partial charge < -0.3 is 5.32 Å². The maximum absolute atomic E-state index is 12.6. The lowest BCUT2D eigenvalue weighted by Crippen LogP contribution is -2.21. The number of carbonyl (C=O) groups excluding carboxylic acids is 1. The van der Waals surface area contributed by atoms with Crippen LogP contribution in [0.25, 0.3) is 5.78 Å². The van der Waals surface area contributed by atoms with Crippen molar-refractivity contribution < 1.29 is 18.0 Å². The van der Waals surface area contributed by atoms with E-state index in [1.165, 1.54) is 6.07 Å². The maximum atomic E-state index is 12.6. The van der Waals surface area contributed by atoms with Crippen LogP contribution in [0.4, 0.5) is 19.0 Å². The van der Waals surface area contributed by atoms with Gasteiger partial charge in [-0.3, -0.25) is 4.79 Å². The zero-order valence-electron chi connectivity index (χ0n) is 11.8. The van der Waals surface area contributed by atoms with Crippen molar-refractivity contribution in [3.63, 3.8) is 0 Å². The first-order valence-corrected chi connectivity index (χ1v) is 6.97. The third kappa shape index (κ3) is 2.75. The average molecular weight is 313 g/mol. The minimum absolute atomic E-state index is 0.0538. The molecule has 1 amide bonds. The van der Waals surface area contributed by atoms with E-state index in [9.17, 15) is 18.0 Å². The summed E-state index contributed by atoms with van der Waals surface area (Å²) in [5.74, 6) is -1.44. The standard InChI is InChI=1S/C13H14F3N5O/c1-7-6-9(17-10(22)8-4-2-3-5-8)18-12-19-11(13(14,15)16)20-21(7)12/h6,8H,2-5H2,1H3,(H,17,18,19,20,22). The predicted molar refractivity (Wildman–Crippen MR) is 71.1 cm³/mol. The lowest BCUT2D eigenvalue weighted by Gasteiger charge is -2.10. The molecule has 0 saturated heterocycles. The monoisotopic (exact) mass is 313 g/mol. The van der Waals surface area contributed by atoms with Crippen molar-refractivity contribution in [3.8, 4) is 0 Å². The minimum Gasteiger partial charge on any atom is -0.310 e. The minimum atomic E-state index is -4.63. The number of aryl methyl sites for hydroxylation is 1. The Morgan fingerprint density at radius 2 is 2.00 bits per heavy atom. The highest BCUT2D eigenvalue weighted by atomic mass is 19.4. The van der Waals surface area contributed by atoms with Gasteiger partial charge in [0.15, 0.2) is 0 Å². The van der Waals surface area contributed by atoms with E-state index in [0.717, 1.165) is 30.2 Å². The molecule has 0 spiro atoms. The van der Waals surface area contributed by atoms with Gasteiger partial charge in [0.2, 0.25) is 5.91 Å². The van der Waals surface area contributed by atoms with E-state index in [1.54, 1.807) is 6.92 Å². The number of nitrogens with one attached hydrogen (secondary N) is 1.